The van der Waals surface area contributed by atoms with Crippen molar-refractivity contribution < 1.29 is 9.72 Å². The van der Waals surface area contributed by atoms with Crippen molar-refractivity contribution in [2.24, 2.45) is 5.92 Å². The third-order valence-electron chi connectivity index (χ3n) is 3.10. The summed E-state index contributed by atoms with van der Waals surface area (Å²) < 4.78 is 0. The van der Waals surface area contributed by atoms with Gasteiger partial charge >= 0.3 is 0 Å². The van der Waals surface area contributed by atoms with Crippen LogP contribution in [0.4, 0.5) is 5.69 Å². The normalized spacial score (nSPS) is 19.4. The molecule has 0 saturated carbocycles. The van der Waals surface area contributed by atoms with E-state index in [0.29, 0.717) is 23.6 Å². The van der Waals surface area contributed by atoms with Gasteiger partial charge in [-0.25, -0.2) is 0 Å². The fraction of sp³-hybridized carbons (Fsp3) is 0.417. The van der Waals surface area contributed by atoms with Crippen molar-refractivity contribution in [1.29, 1.82) is 0 Å². The molecule has 1 amide bonds. The molecule has 1 fully saturated rings. The van der Waals surface area contributed by atoms with Gasteiger partial charge < -0.3 is 5.32 Å². The lowest BCUT2D eigenvalue weighted by molar-refractivity contribution is -0.385. The topological polar surface area (TPSA) is 72.2 Å². The fourth-order valence-corrected chi connectivity index (χ4v) is 2.39. The number of carbonyl (C=O) groups excluding carboxylic acids is 1. The number of nitrogens with zero attached hydrogens (tertiary/aromatic N) is 1. The van der Waals surface area contributed by atoms with Gasteiger partial charge in [0.15, 0.2) is 0 Å². The molecule has 96 valence electrons. The van der Waals surface area contributed by atoms with Gasteiger partial charge in [0.05, 0.1) is 4.92 Å². The molecule has 0 aromatic heterocycles. The zero-order chi connectivity index (χ0) is 13.1. The Morgan fingerprint density at radius 1 is 1.50 bits per heavy atom. The number of nitro groups is 1. The molecule has 0 spiro atoms. The van der Waals surface area contributed by atoms with E-state index in [1.807, 2.05) is 0 Å². The Balaban J connectivity index is 2.24. The summed E-state index contributed by atoms with van der Waals surface area (Å²) in [4.78, 5) is 22.1. The molecular formula is C12H13ClN2O3. The van der Waals surface area contributed by atoms with Crippen LogP contribution in [0.5, 0.6) is 0 Å². The van der Waals surface area contributed by atoms with Crippen molar-refractivity contribution >= 4 is 23.2 Å². The van der Waals surface area contributed by atoms with E-state index >= 15 is 0 Å². The summed E-state index contributed by atoms with van der Waals surface area (Å²) in [5.74, 6) is -0.230. The van der Waals surface area contributed by atoms with E-state index in [1.54, 1.807) is 6.07 Å². The van der Waals surface area contributed by atoms with Crippen LogP contribution in [-0.2, 0) is 11.2 Å². The molecule has 6 heteroatoms. The Morgan fingerprint density at radius 2 is 2.28 bits per heavy atom. The Labute approximate surface area is 109 Å². The molecule has 1 aromatic rings. The second kappa shape index (κ2) is 5.35. The summed E-state index contributed by atoms with van der Waals surface area (Å²) in [5, 5.41) is 14.1. The number of piperidine rings is 1. The van der Waals surface area contributed by atoms with Crippen molar-refractivity contribution in [2.45, 2.75) is 19.3 Å². The quantitative estimate of drug-likeness (QED) is 0.675. The maximum absolute atomic E-state index is 11.7. The van der Waals surface area contributed by atoms with Gasteiger partial charge in [-0.1, -0.05) is 11.6 Å². The Morgan fingerprint density at radius 3 is 2.94 bits per heavy atom. The molecule has 1 N–H and O–H groups in total. The highest BCUT2D eigenvalue weighted by atomic mass is 35.5. The van der Waals surface area contributed by atoms with Crippen LogP contribution in [0.1, 0.15) is 18.4 Å². The summed E-state index contributed by atoms with van der Waals surface area (Å²) in [6.45, 7) is 0.687. The summed E-state index contributed by atoms with van der Waals surface area (Å²) >= 11 is 5.85. The van der Waals surface area contributed by atoms with E-state index in [1.165, 1.54) is 12.1 Å². The SMILES string of the molecule is O=C1NCCCC1Cc1cc(Cl)ccc1[N+](=O)[O-]. The highest BCUT2D eigenvalue weighted by Crippen LogP contribution is 2.27. The lowest BCUT2D eigenvalue weighted by Gasteiger charge is -2.21. The second-order valence-corrected chi connectivity index (χ2v) is 4.80. The van der Waals surface area contributed by atoms with Gasteiger partial charge in [-0.05, 0) is 31.4 Å². The highest BCUT2D eigenvalue weighted by molar-refractivity contribution is 6.30. The van der Waals surface area contributed by atoms with Crippen molar-refractivity contribution in [1.82, 2.24) is 5.32 Å². The van der Waals surface area contributed by atoms with Crippen molar-refractivity contribution in [3.63, 3.8) is 0 Å². The van der Waals surface area contributed by atoms with E-state index in [-0.39, 0.29) is 17.5 Å². The predicted octanol–water partition coefficient (Wildman–Crippen LogP) is 2.32. The first-order valence-corrected chi connectivity index (χ1v) is 6.16. The molecule has 1 atom stereocenters. The fourth-order valence-electron chi connectivity index (χ4n) is 2.19. The molecule has 5 nitrogen and oxygen atoms in total. The van der Waals surface area contributed by atoms with Gasteiger partial charge in [0.2, 0.25) is 5.91 Å². The van der Waals surface area contributed by atoms with Crippen LogP contribution in [0.15, 0.2) is 18.2 Å². The standard InChI is InChI=1S/C12H13ClN2O3/c13-10-3-4-11(15(17)18)9(7-10)6-8-2-1-5-14-12(8)16/h3-4,7-8H,1-2,5-6H2,(H,14,16). The number of nitrogens with one attached hydrogen (secondary N) is 1. The molecule has 1 saturated heterocycles. The number of hydrogen-bond acceptors (Lipinski definition) is 3. The minimum absolute atomic E-state index is 0.0257. The lowest BCUT2D eigenvalue weighted by atomic mass is 9.91. The second-order valence-electron chi connectivity index (χ2n) is 4.36. The van der Waals surface area contributed by atoms with Crippen molar-refractivity contribution in [3.8, 4) is 0 Å². The number of amides is 1. The smallest absolute Gasteiger partial charge is 0.272 e. The number of hydrogen-bond donors (Lipinski definition) is 1. The molecule has 18 heavy (non-hydrogen) atoms. The zero-order valence-corrected chi connectivity index (χ0v) is 10.4. The summed E-state index contributed by atoms with van der Waals surface area (Å²) in [7, 11) is 0. The van der Waals surface area contributed by atoms with Gasteiger partial charge in [0.1, 0.15) is 0 Å². The number of carbonyl (C=O) groups is 1. The van der Waals surface area contributed by atoms with Crippen LogP contribution in [-0.4, -0.2) is 17.4 Å². The number of rotatable bonds is 3. The number of benzene rings is 1. The summed E-state index contributed by atoms with van der Waals surface area (Å²) in [6.07, 6.45) is 2.03. The molecule has 1 aromatic carbocycles. The van der Waals surface area contributed by atoms with Gasteiger partial charge in [0, 0.05) is 29.1 Å². The average molecular weight is 269 g/mol. The molecule has 2 rings (SSSR count). The molecule has 1 heterocycles. The number of halogens is 1. The first kappa shape index (κ1) is 12.8. The minimum Gasteiger partial charge on any atom is -0.356 e. The third kappa shape index (κ3) is 2.79. The summed E-state index contributed by atoms with van der Waals surface area (Å²) in [6, 6.07) is 4.45. The Bertz CT molecular complexity index is 490. The lowest BCUT2D eigenvalue weighted by Crippen LogP contribution is -2.37. The van der Waals surface area contributed by atoms with Crippen LogP contribution < -0.4 is 5.32 Å². The highest BCUT2D eigenvalue weighted by Gasteiger charge is 2.25. The van der Waals surface area contributed by atoms with Crippen LogP contribution in [0.3, 0.4) is 0 Å². The molecule has 1 unspecified atom stereocenters. The average Bonchev–Trinajstić information content (AvgIpc) is 2.32. The van der Waals surface area contributed by atoms with E-state index in [2.05, 4.69) is 5.32 Å². The van der Waals surface area contributed by atoms with E-state index in [0.717, 1.165) is 12.8 Å². The van der Waals surface area contributed by atoms with Crippen molar-refractivity contribution in [3.05, 3.63) is 38.9 Å². The largest absolute Gasteiger partial charge is 0.356 e. The third-order valence-corrected chi connectivity index (χ3v) is 3.34. The maximum atomic E-state index is 11.7. The summed E-state index contributed by atoms with van der Waals surface area (Å²) in [5.41, 5.74) is 0.548. The molecule has 0 bridgehead atoms. The van der Waals surface area contributed by atoms with Gasteiger partial charge in [-0.2, -0.15) is 0 Å². The van der Waals surface area contributed by atoms with E-state index < -0.39 is 4.92 Å². The molecular weight excluding hydrogens is 256 g/mol. The van der Waals surface area contributed by atoms with Gasteiger partial charge in [0.25, 0.3) is 5.69 Å². The van der Waals surface area contributed by atoms with Crippen molar-refractivity contribution in [2.75, 3.05) is 6.54 Å². The zero-order valence-electron chi connectivity index (χ0n) is 9.69. The minimum atomic E-state index is -0.438. The molecule has 1 aliphatic rings. The number of nitro benzene ring substituents is 1. The maximum Gasteiger partial charge on any atom is 0.272 e. The predicted molar refractivity (Wildman–Crippen MR) is 67.5 cm³/mol. The molecule has 0 radical (unpaired) electrons. The monoisotopic (exact) mass is 268 g/mol. The van der Waals surface area contributed by atoms with Crippen LogP contribution in [0.2, 0.25) is 5.02 Å². The first-order valence-electron chi connectivity index (χ1n) is 5.78. The van der Waals surface area contributed by atoms with E-state index in [4.69, 9.17) is 11.6 Å². The van der Waals surface area contributed by atoms with E-state index in [9.17, 15) is 14.9 Å². The van der Waals surface area contributed by atoms with Crippen LogP contribution in [0, 0.1) is 16.0 Å². The Hall–Kier alpha value is -1.62. The first-order chi connectivity index (χ1) is 8.58. The van der Waals surface area contributed by atoms with Crippen LogP contribution in [0.25, 0.3) is 0 Å². The van der Waals surface area contributed by atoms with Gasteiger partial charge in [-0.3, -0.25) is 14.9 Å². The molecule has 0 aliphatic carbocycles. The van der Waals surface area contributed by atoms with Crippen LogP contribution >= 0.6 is 11.6 Å². The molecule has 1 aliphatic heterocycles. The Kier molecular flexibility index (Phi) is 3.81. The van der Waals surface area contributed by atoms with Gasteiger partial charge in [-0.15, -0.1) is 0 Å².